The van der Waals surface area contributed by atoms with Crippen molar-refractivity contribution in [3.63, 3.8) is 0 Å². The fourth-order valence-electron chi connectivity index (χ4n) is 4.53. The Bertz CT molecular complexity index is 877. The Morgan fingerprint density at radius 3 is 2.74 bits per heavy atom. The lowest BCUT2D eigenvalue weighted by atomic mass is 9.80. The molecule has 0 aliphatic carbocycles. The first-order valence-corrected chi connectivity index (χ1v) is 11.3. The largest absolute Gasteiger partial charge is 0.497 e. The predicted octanol–water partition coefficient (Wildman–Crippen LogP) is 4.82. The third kappa shape index (κ3) is 6.33. The van der Waals surface area contributed by atoms with Gasteiger partial charge in [0.2, 0.25) is 0 Å². The van der Waals surface area contributed by atoms with E-state index in [0.717, 1.165) is 55.3 Å². The van der Waals surface area contributed by atoms with Crippen LogP contribution in [-0.2, 0) is 11.2 Å². The summed E-state index contributed by atoms with van der Waals surface area (Å²) in [6, 6.07) is 8.10. The molecule has 1 fully saturated rings. The highest BCUT2D eigenvalue weighted by Gasteiger charge is 2.32. The number of carbonyl (C=O) groups is 1. The summed E-state index contributed by atoms with van der Waals surface area (Å²) in [6.45, 7) is 7.20. The lowest BCUT2D eigenvalue weighted by Gasteiger charge is -2.39. The molecule has 6 heteroatoms. The van der Waals surface area contributed by atoms with Crippen LogP contribution in [0.4, 0.5) is 4.79 Å². The Morgan fingerprint density at radius 1 is 1.23 bits per heavy atom. The van der Waals surface area contributed by atoms with Gasteiger partial charge in [-0.3, -0.25) is 4.98 Å². The fourth-order valence-corrected chi connectivity index (χ4v) is 4.53. The van der Waals surface area contributed by atoms with Crippen LogP contribution in [0.5, 0.6) is 5.75 Å². The maximum atomic E-state index is 12.5. The molecule has 170 valence electrons. The SMILES string of the molecule is COc1ccc2nccc(CCCC3CCN(C(=O)OC(C)(C)C)CC3CCO)c2c1. The van der Waals surface area contributed by atoms with E-state index in [4.69, 9.17) is 9.47 Å². The average Bonchev–Trinajstić information content (AvgIpc) is 2.73. The van der Waals surface area contributed by atoms with Gasteiger partial charge in [-0.15, -0.1) is 0 Å². The van der Waals surface area contributed by atoms with Gasteiger partial charge in [0, 0.05) is 31.3 Å². The molecule has 0 saturated carbocycles. The van der Waals surface area contributed by atoms with Crippen LogP contribution in [0.2, 0.25) is 0 Å². The normalized spacial score (nSPS) is 19.5. The molecule has 1 aliphatic heterocycles. The Morgan fingerprint density at radius 2 is 2.03 bits per heavy atom. The number of aliphatic hydroxyl groups excluding tert-OH is 1. The first-order valence-electron chi connectivity index (χ1n) is 11.3. The minimum atomic E-state index is -0.490. The summed E-state index contributed by atoms with van der Waals surface area (Å²) in [5.41, 5.74) is 1.78. The highest BCUT2D eigenvalue weighted by atomic mass is 16.6. The molecule has 1 aromatic heterocycles. The van der Waals surface area contributed by atoms with Crippen LogP contribution in [-0.4, -0.2) is 53.5 Å². The highest BCUT2D eigenvalue weighted by molar-refractivity contribution is 5.83. The first kappa shape index (κ1) is 23.3. The highest BCUT2D eigenvalue weighted by Crippen LogP contribution is 2.32. The summed E-state index contributed by atoms with van der Waals surface area (Å²) in [7, 11) is 1.68. The molecule has 0 radical (unpaired) electrons. The molecule has 2 heterocycles. The number of ether oxygens (including phenoxy) is 2. The van der Waals surface area contributed by atoms with E-state index in [2.05, 4.69) is 17.1 Å². The minimum Gasteiger partial charge on any atom is -0.497 e. The number of carbonyl (C=O) groups excluding carboxylic acids is 1. The number of aliphatic hydroxyl groups is 1. The molecule has 0 spiro atoms. The number of nitrogens with zero attached hydrogens (tertiary/aromatic N) is 2. The van der Waals surface area contributed by atoms with Gasteiger partial charge in [-0.05, 0) is 94.5 Å². The zero-order valence-electron chi connectivity index (χ0n) is 19.3. The number of rotatable bonds is 7. The van der Waals surface area contributed by atoms with Crippen LogP contribution in [0, 0.1) is 11.8 Å². The van der Waals surface area contributed by atoms with E-state index in [1.165, 1.54) is 5.56 Å². The Labute approximate surface area is 185 Å². The lowest BCUT2D eigenvalue weighted by molar-refractivity contribution is 0.00698. The molecule has 6 nitrogen and oxygen atoms in total. The molecule has 3 rings (SSSR count). The maximum Gasteiger partial charge on any atom is 0.410 e. The zero-order valence-corrected chi connectivity index (χ0v) is 19.3. The molecular formula is C25H36N2O4. The second-order valence-corrected chi connectivity index (χ2v) is 9.49. The number of hydrogen-bond acceptors (Lipinski definition) is 5. The van der Waals surface area contributed by atoms with Crippen molar-refractivity contribution in [1.82, 2.24) is 9.88 Å². The van der Waals surface area contributed by atoms with Crippen LogP contribution >= 0.6 is 0 Å². The Hall–Kier alpha value is -2.34. The molecular weight excluding hydrogens is 392 g/mol. The van der Waals surface area contributed by atoms with E-state index in [1.807, 2.05) is 44.0 Å². The number of methoxy groups -OCH3 is 1. The van der Waals surface area contributed by atoms with Crippen LogP contribution in [0.1, 0.15) is 52.0 Å². The zero-order chi connectivity index (χ0) is 22.4. The van der Waals surface area contributed by atoms with Crippen molar-refractivity contribution in [2.45, 2.75) is 58.5 Å². The van der Waals surface area contributed by atoms with E-state index in [0.29, 0.717) is 18.4 Å². The van der Waals surface area contributed by atoms with Gasteiger partial charge in [-0.2, -0.15) is 0 Å². The standard InChI is InChI=1S/C25H36N2O4/c1-25(2,3)31-24(29)27-14-11-18(20(17-27)12-15-28)6-5-7-19-10-13-26-23-9-8-21(30-4)16-22(19)23/h8-10,13,16,18,20,28H,5-7,11-12,14-15,17H2,1-4H3. The van der Waals surface area contributed by atoms with E-state index in [-0.39, 0.29) is 12.7 Å². The second kappa shape index (κ2) is 10.3. The number of amides is 1. The summed E-state index contributed by atoms with van der Waals surface area (Å²) in [5.74, 6) is 1.66. The van der Waals surface area contributed by atoms with Gasteiger partial charge in [0.1, 0.15) is 11.4 Å². The third-order valence-electron chi connectivity index (χ3n) is 6.10. The van der Waals surface area contributed by atoms with Crippen LogP contribution < -0.4 is 4.74 Å². The number of likely N-dealkylation sites (tertiary alicyclic amines) is 1. The monoisotopic (exact) mass is 428 g/mol. The van der Waals surface area contributed by atoms with Crippen molar-refractivity contribution in [1.29, 1.82) is 0 Å². The average molecular weight is 429 g/mol. The molecule has 2 atom stereocenters. The molecule has 1 amide bonds. The number of aromatic nitrogens is 1. The van der Waals surface area contributed by atoms with Crippen LogP contribution in [0.3, 0.4) is 0 Å². The van der Waals surface area contributed by atoms with Gasteiger partial charge in [0.15, 0.2) is 0 Å². The molecule has 2 aromatic rings. The Balaban J connectivity index is 1.60. The van der Waals surface area contributed by atoms with Crippen molar-refractivity contribution in [3.8, 4) is 5.75 Å². The molecule has 0 bridgehead atoms. The van der Waals surface area contributed by atoms with Gasteiger partial charge < -0.3 is 19.5 Å². The number of benzene rings is 1. The number of pyridine rings is 1. The number of piperidine rings is 1. The van der Waals surface area contributed by atoms with Gasteiger partial charge in [0.25, 0.3) is 0 Å². The number of fused-ring (bicyclic) bond motifs is 1. The van der Waals surface area contributed by atoms with Gasteiger partial charge in [0.05, 0.1) is 12.6 Å². The topological polar surface area (TPSA) is 71.9 Å². The van der Waals surface area contributed by atoms with Gasteiger partial charge >= 0.3 is 6.09 Å². The molecule has 31 heavy (non-hydrogen) atoms. The minimum absolute atomic E-state index is 0.151. The van der Waals surface area contributed by atoms with Gasteiger partial charge in [-0.25, -0.2) is 4.79 Å². The summed E-state index contributed by atoms with van der Waals surface area (Å²) in [4.78, 5) is 18.8. The smallest absolute Gasteiger partial charge is 0.410 e. The van der Waals surface area contributed by atoms with Crippen molar-refractivity contribution in [2.75, 3.05) is 26.8 Å². The molecule has 1 aromatic carbocycles. The van der Waals surface area contributed by atoms with Gasteiger partial charge in [-0.1, -0.05) is 0 Å². The lowest BCUT2D eigenvalue weighted by Crippen LogP contribution is -2.46. The van der Waals surface area contributed by atoms with E-state index in [1.54, 1.807) is 7.11 Å². The third-order valence-corrected chi connectivity index (χ3v) is 6.10. The summed E-state index contributed by atoms with van der Waals surface area (Å²) in [6.07, 6.45) is 6.43. The van der Waals surface area contributed by atoms with E-state index < -0.39 is 5.60 Å². The first-order chi connectivity index (χ1) is 14.8. The quantitative estimate of drug-likeness (QED) is 0.684. The Kier molecular flexibility index (Phi) is 7.76. The summed E-state index contributed by atoms with van der Waals surface area (Å²) in [5, 5.41) is 10.7. The fraction of sp³-hybridized carbons (Fsp3) is 0.600. The maximum absolute atomic E-state index is 12.5. The predicted molar refractivity (Wildman–Crippen MR) is 122 cm³/mol. The summed E-state index contributed by atoms with van der Waals surface area (Å²) < 4.78 is 10.9. The number of aryl methyl sites for hydroxylation is 1. The molecule has 1 aliphatic rings. The molecule has 2 unspecified atom stereocenters. The van der Waals surface area contributed by atoms with E-state index in [9.17, 15) is 9.90 Å². The van der Waals surface area contributed by atoms with Crippen LogP contribution in [0.15, 0.2) is 30.5 Å². The van der Waals surface area contributed by atoms with Crippen molar-refractivity contribution in [2.24, 2.45) is 11.8 Å². The van der Waals surface area contributed by atoms with Crippen LogP contribution in [0.25, 0.3) is 10.9 Å². The molecule has 1 saturated heterocycles. The van der Waals surface area contributed by atoms with Crippen molar-refractivity contribution >= 4 is 17.0 Å². The summed E-state index contributed by atoms with van der Waals surface area (Å²) >= 11 is 0. The number of hydrogen-bond donors (Lipinski definition) is 1. The second-order valence-electron chi connectivity index (χ2n) is 9.49. The van der Waals surface area contributed by atoms with Crippen molar-refractivity contribution < 1.29 is 19.4 Å². The van der Waals surface area contributed by atoms with Crippen molar-refractivity contribution in [3.05, 3.63) is 36.0 Å². The molecule has 1 N–H and O–H groups in total. The van der Waals surface area contributed by atoms with E-state index >= 15 is 0 Å².